The van der Waals surface area contributed by atoms with Crippen LogP contribution in [0.15, 0.2) is 42.5 Å². The quantitative estimate of drug-likeness (QED) is 0.806. The van der Waals surface area contributed by atoms with Gasteiger partial charge >= 0.3 is 5.97 Å². The Hall–Kier alpha value is -2.29. The average molecular weight is 213 g/mol. The molecule has 0 saturated carbocycles. The largest absolute Gasteiger partial charge is 0.507 e. The summed E-state index contributed by atoms with van der Waals surface area (Å²) < 4.78 is 0. The summed E-state index contributed by atoms with van der Waals surface area (Å²) in [6.07, 6.45) is 0. The second-order valence-electron chi connectivity index (χ2n) is 3.31. The third-order valence-electron chi connectivity index (χ3n) is 2.28. The van der Waals surface area contributed by atoms with E-state index in [2.05, 4.69) is 6.07 Å². The molecular weight excluding hydrogens is 204 g/mol. The predicted octanol–water partition coefficient (Wildman–Crippen LogP) is 2.56. The van der Waals surface area contributed by atoms with Gasteiger partial charge in [-0.05, 0) is 17.7 Å². The second-order valence-corrected chi connectivity index (χ2v) is 3.31. The Balaban J connectivity index is 2.43. The predicted molar refractivity (Wildman–Crippen MR) is 59.3 cm³/mol. The molecular formula is C13H9O3. The van der Waals surface area contributed by atoms with E-state index in [9.17, 15) is 9.90 Å². The lowest BCUT2D eigenvalue weighted by Crippen LogP contribution is -1.94. The Morgan fingerprint density at radius 3 is 2.38 bits per heavy atom. The zero-order valence-corrected chi connectivity index (χ0v) is 8.34. The minimum Gasteiger partial charge on any atom is -0.507 e. The normalized spacial score (nSPS) is 10.0. The molecule has 0 atom stereocenters. The van der Waals surface area contributed by atoms with E-state index < -0.39 is 5.97 Å². The van der Waals surface area contributed by atoms with Crippen LogP contribution in [0.4, 0.5) is 0 Å². The van der Waals surface area contributed by atoms with Crippen LogP contribution in [0.25, 0.3) is 11.1 Å². The lowest BCUT2D eigenvalue weighted by Gasteiger charge is -2.04. The van der Waals surface area contributed by atoms with Crippen molar-refractivity contribution in [2.75, 3.05) is 0 Å². The van der Waals surface area contributed by atoms with Gasteiger partial charge in [-0.1, -0.05) is 30.3 Å². The number of hydrogen-bond donors (Lipinski definition) is 2. The Morgan fingerprint density at radius 1 is 1.12 bits per heavy atom. The van der Waals surface area contributed by atoms with Crippen molar-refractivity contribution in [1.29, 1.82) is 0 Å². The van der Waals surface area contributed by atoms with Crippen LogP contribution >= 0.6 is 0 Å². The standard InChI is InChI=1S/C13H9O3/c14-12-4-2-1-3-11(12)9-5-7-10(8-6-9)13(15)16/h1-3,5-8,14H,(H,15,16). The van der Waals surface area contributed by atoms with Gasteiger partial charge in [0.05, 0.1) is 5.56 Å². The first kappa shape index (κ1) is 10.2. The molecule has 0 aliphatic rings. The molecule has 1 radical (unpaired) electrons. The van der Waals surface area contributed by atoms with E-state index in [1.54, 1.807) is 30.3 Å². The Kier molecular flexibility index (Phi) is 2.60. The maximum absolute atomic E-state index is 10.7. The van der Waals surface area contributed by atoms with Crippen molar-refractivity contribution >= 4 is 5.97 Å². The zero-order chi connectivity index (χ0) is 11.5. The maximum atomic E-state index is 10.7. The van der Waals surface area contributed by atoms with Crippen LogP contribution in [0.3, 0.4) is 0 Å². The van der Waals surface area contributed by atoms with Gasteiger partial charge in [-0.3, -0.25) is 0 Å². The molecule has 0 bridgehead atoms. The summed E-state index contributed by atoms with van der Waals surface area (Å²) in [5.41, 5.74) is 1.63. The Bertz CT molecular complexity index is 515. The van der Waals surface area contributed by atoms with Crippen LogP contribution in [-0.4, -0.2) is 16.2 Å². The Labute approximate surface area is 92.6 Å². The van der Waals surface area contributed by atoms with Crippen LogP contribution < -0.4 is 0 Å². The fraction of sp³-hybridized carbons (Fsp3) is 0. The van der Waals surface area contributed by atoms with Crippen molar-refractivity contribution in [2.45, 2.75) is 0 Å². The molecule has 2 aromatic rings. The molecule has 0 aliphatic carbocycles. The first-order chi connectivity index (χ1) is 7.68. The van der Waals surface area contributed by atoms with Gasteiger partial charge in [0.25, 0.3) is 0 Å². The van der Waals surface area contributed by atoms with Crippen molar-refractivity contribution in [1.82, 2.24) is 0 Å². The highest BCUT2D eigenvalue weighted by molar-refractivity contribution is 5.88. The van der Waals surface area contributed by atoms with E-state index in [1.165, 1.54) is 12.1 Å². The third kappa shape index (κ3) is 1.88. The summed E-state index contributed by atoms with van der Waals surface area (Å²) >= 11 is 0. The fourth-order valence-electron chi connectivity index (χ4n) is 1.45. The smallest absolute Gasteiger partial charge is 0.335 e. The second kappa shape index (κ2) is 4.06. The molecule has 3 nitrogen and oxygen atoms in total. The number of para-hydroxylation sites is 1. The van der Waals surface area contributed by atoms with Gasteiger partial charge in [-0.25, -0.2) is 4.79 Å². The first-order valence-electron chi connectivity index (χ1n) is 4.72. The lowest BCUT2D eigenvalue weighted by molar-refractivity contribution is 0.0697. The summed E-state index contributed by atoms with van der Waals surface area (Å²) in [7, 11) is 0. The van der Waals surface area contributed by atoms with Crippen molar-refractivity contribution in [3.05, 3.63) is 54.1 Å². The molecule has 0 fully saturated rings. The number of rotatable bonds is 2. The highest BCUT2D eigenvalue weighted by Gasteiger charge is 2.05. The van der Waals surface area contributed by atoms with Crippen molar-refractivity contribution in [3.63, 3.8) is 0 Å². The molecule has 16 heavy (non-hydrogen) atoms. The minimum absolute atomic E-state index is 0.0607. The van der Waals surface area contributed by atoms with E-state index in [1.807, 2.05) is 0 Å². The van der Waals surface area contributed by atoms with Crippen molar-refractivity contribution < 1.29 is 15.0 Å². The minimum atomic E-state index is -0.963. The summed E-state index contributed by atoms with van der Waals surface area (Å²) in [4.78, 5) is 10.7. The molecule has 0 heterocycles. The molecule has 3 heteroatoms. The molecule has 0 aromatic heterocycles. The van der Waals surface area contributed by atoms with Crippen molar-refractivity contribution in [3.8, 4) is 16.9 Å². The number of carboxylic acid groups (broad SMARTS) is 1. The van der Waals surface area contributed by atoms with Gasteiger partial charge < -0.3 is 10.2 Å². The fourth-order valence-corrected chi connectivity index (χ4v) is 1.45. The summed E-state index contributed by atoms with van der Waals surface area (Å²) in [5.74, 6) is -0.902. The Morgan fingerprint density at radius 2 is 1.81 bits per heavy atom. The molecule has 2 rings (SSSR count). The van der Waals surface area contributed by atoms with E-state index in [4.69, 9.17) is 5.11 Å². The highest BCUT2D eigenvalue weighted by atomic mass is 16.4. The lowest BCUT2D eigenvalue weighted by atomic mass is 10.0. The van der Waals surface area contributed by atoms with Gasteiger partial charge in [0, 0.05) is 11.6 Å². The maximum Gasteiger partial charge on any atom is 0.335 e. The van der Waals surface area contributed by atoms with Gasteiger partial charge in [0.15, 0.2) is 0 Å². The van der Waals surface area contributed by atoms with E-state index in [0.29, 0.717) is 5.56 Å². The molecule has 2 N–H and O–H groups in total. The monoisotopic (exact) mass is 213 g/mol. The van der Waals surface area contributed by atoms with Gasteiger partial charge in [-0.15, -0.1) is 0 Å². The summed E-state index contributed by atoms with van der Waals surface area (Å²) in [5, 5.41) is 18.3. The molecule has 0 aliphatic heterocycles. The van der Waals surface area contributed by atoms with E-state index in [-0.39, 0.29) is 11.3 Å². The van der Waals surface area contributed by atoms with Crippen LogP contribution in [0.2, 0.25) is 0 Å². The van der Waals surface area contributed by atoms with Gasteiger partial charge in [-0.2, -0.15) is 0 Å². The molecule has 0 spiro atoms. The number of carbonyl (C=O) groups is 1. The van der Waals surface area contributed by atoms with E-state index in [0.717, 1.165) is 5.56 Å². The number of carboxylic acids is 1. The molecule has 79 valence electrons. The van der Waals surface area contributed by atoms with Gasteiger partial charge in [0.1, 0.15) is 5.75 Å². The molecule has 0 saturated heterocycles. The van der Waals surface area contributed by atoms with Crippen LogP contribution in [-0.2, 0) is 0 Å². The molecule has 0 amide bonds. The van der Waals surface area contributed by atoms with Crippen LogP contribution in [0, 0.1) is 6.07 Å². The van der Waals surface area contributed by atoms with Crippen LogP contribution in [0.1, 0.15) is 10.4 Å². The van der Waals surface area contributed by atoms with Crippen molar-refractivity contribution in [2.24, 2.45) is 0 Å². The molecule has 0 unspecified atom stereocenters. The SMILES string of the molecule is O=C(O)c1ccc(-c2ccc[c]c2O)cc1. The number of benzene rings is 2. The number of hydrogen-bond acceptors (Lipinski definition) is 2. The third-order valence-corrected chi connectivity index (χ3v) is 2.28. The number of aromatic hydroxyl groups is 1. The zero-order valence-electron chi connectivity index (χ0n) is 8.34. The average Bonchev–Trinajstić information content (AvgIpc) is 2.30. The highest BCUT2D eigenvalue weighted by Crippen LogP contribution is 2.28. The molecule has 2 aromatic carbocycles. The van der Waals surface area contributed by atoms with Gasteiger partial charge in [0.2, 0.25) is 0 Å². The summed E-state index contributed by atoms with van der Waals surface area (Å²) in [6.45, 7) is 0. The summed E-state index contributed by atoms with van der Waals surface area (Å²) in [6, 6.07) is 14.1. The van der Waals surface area contributed by atoms with E-state index >= 15 is 0 Å². The first-order valence-corrected chi connectivity index (χ1v) is 4.72. The number of phenolic OH excluding ortho intramolecular Hbond substituents is 1. The number of phenols is 1. The topological polar surface area (TPSA) is 57.5 Å². The number of aromatic carboxylic acids is 1. The van der Waals surface area contributed by atoms with Crippen LogP contribution in [0.5, 0.6) is 5.75 Å².